The van der Waals surface area contributed by atoms with Crippen LogP contribution in [0.1, 0.15) is 40.6 Å². The number of amides is 1. The Balaban J connectivity index is 1.51. The number of likely N-dealkylation sites (tertiary alicyclic amines) is 1. The van der Waals surface area contributed by atoms with E-state index in [-0.39, 0.29) is 17.5 Å². The molecule has 1 fully saturated rings. The van der Waals surface area contributed by atoms with Crippen LogP contribution >= 0.6 is 0 Å². The summed E-state index contributed by atoms with van der Waals surface area (Å²) >= 11 is 0. The Morgan fingerprint density at radius 2 is 1.87 bits per heavy atom. The van der Waals surface area contributed by atoms with Crippen molar-refractivity contribution in [1.82, 2.24) is 34.2 Å². The Morgan fingerprint density at radius 3 is 2.50 bits per heavy atom. The number of hydrogen-bond donors (Lipinski definition) is 0. The average Bonchev–Trinajstić information content (AvgIpc) is 3.29. The van der Waals surface area contributed by atoms with Gasteiger partial charge in [0.15, 0.2) is 5.82 Å². The minimum absolute atomic E-state index is 0.0748. The quantitative estimate of drug-likeness (QED) is 0.641. The molecule has 1 amide bonds. The summed E-state index contributed by atoms with van der Waals surface area (Å²) < 4.78 is 10.0. The Hall–Kier alpha value is -3.43. The third kappa shape index (κ3) is 3.60. The number of rotatable bonds is 4. The van der Waals surface area contributed by atoms with Gasteiger partial charge in [0, 0.05) is 38.1 Å². The first kappa shape index (κ1) is 19.9. The molecular formula is C20H25N7O3. The van der Waals surface area contributed by atoms with E-state index in [1.807, 2.05) is 19.9 Å². The van der Waals surface area contributed by atoms with Crippen molar-refractivity contribution >= 4 is 5.91 Å². The molecule has 4 heterocycles. The number of aryl methyl sites for hydroxylation is 3. The molecule has 4 rings (SSSR count). The number of methoxy groups -OCH3 is 1. The summed E-state index contributed by atoms with van der Waals surface area (Å²) in [7, 11) is 3.25. The van der Waals surface area contributed by atoms with Crippen molar-refractivity contribution < 1.29 is 9.53 Å². The fraction of sp³-hybridized carbons (Fsp3) is 0.450. The Bertz CT molecular complexity index is 1140. The van der Waals surface area contributed by atoms with E-state index in [4.69, 9.17) is 4.74 Å². The lowest BCUT2D eigenvalue weighted by molar-refractivity contribution is 0.0684. The summed E-state index contributed by atoms with van der Waals surface area (Å²) in [4.78, 5) is 27.1. The van der Waals surface area contributed by atoms with Gasteiger partial charge in [0.1, 0.15) is 5.56 Å². The average molecular weight is 411 g/mol. The summed E-state index contributed by atoms with van der Waals surface area (Å²) in [5.74, 6) is 0.814. The zero-order valence-electron chi connectivity index (χ0n) is 17.6. The molecule has 0 aromatic carbocycles. The standard InChI is InChI=1S/C20H25N7O3/c1-13-11-14(2)26(21-13)17-5-6-18(28)27(22-17)15-7-9-25(10-8-15)20(29)16-12-24(3)23-19(16)30-4/h5-6,11-12,15H,7-10H2,1-4H3. The van der Waals surface area contributed by atoms with Gasteiger partial charge >= 0.3 is 0 Å². The Morgan fingerprint density at radius 1 is 1.13 bits per heavy atom. The van der Waals surface area contributed by atoms with Gasteiger partial charge in [-0.15, -0.1) is 10.2 Å². The van der Waals surface area contributed by atoms with Crippen molar-refractivity contribution in [2.75, 3.05) is 20.2 Å². The van der Waals surface area contributed by atoms with Crippen molar-refractivity contribution in [1.29, 1.82) is 0 Å². The maximum atomic E-state index is 12.9. The van der Waals surface area contributed by atoms with Crippen molar-refractivity contribution in [3.8, 4) is 11.7 Å². The molecule has 0 saturated carbocycles. The zero-order chi connectivity index (χ0) is 21.4. The summed E-state index contributed by atoms with van der Waals surface area (Å²) in [6, 6.07) is 5.10. The highest BCUT2D eigenvalue weighted by Gasteiger charge is 2.28. The van der Waals surface area contributed by atoms with Crippen LogP contribution in [0.3, 0.4) is 0 Å². The van der Waals surface area contributed by atoms with Crippen LogP contribution < -0.4 is 10.3 Å². The lowest BCUT2D eigenvalue weighted by Crippen LogP contribution is -2.41. The number of carbonyl (C=O) groups is 1. The first-order chi connectivity index (χ1) is 14.4. The topological polar surface area (TPSA) is 100 Å². The molecule has 0 atom stereocenters. The normalized spacial score (nSPS) is 14.9. The molecule has 30 heavy (non-hydrogen) atoms. The Labute approximate surface area is 173 Å². The molecule has 0 radical (unpaired) electrons. The molecule has 0 unspecified atom stereocenters. The fourth-order valence-electron chi connectivity index (χ4n) is 3.90. The van der Waals surface area contributed by atoms with Crippen LogP contribution in [0.15, 0.2) is 29.2 Å². The minimum Gasteiger partial charge on any atom is -0.479 e. The lowest BCUT2D eigenvalue weighted by atomic mass is 10.0. The van der Waals surface area contributed by atoms with E-state index in [9.17, 15) is 9.59 Å². The largest absolute Gasteiger partial charge is 0.479 e. The van der Waals surface area contributed by atoms with Crippen LogP contribution in [0.5, 0.6) is 5.88 Å². The second-order valence-corrected chi connectivity index (χ2v) is 7.56. The molecule has 3 aromatic heterocycles. The second-order valence-electron chi connectivity index (χ2n) is 7.56. The van der Waals surface area contributed by atoms with Crippen LogP contribution in [-0.2, 0) is 7.05 Å². The summed E-state index contributed by atoms with van der Waals surface area (Å²) in [5, 5.41) is 13.2. The predicted octanol–water partition coefficient (Wildman–Crippen LogP) is 1.27. The molecular weight excluding hydrogens is 386 g/mol. The van der Waals surface area contributed by atoms with Gasteiger partial charge in [-0.05, 0) is 38.8 Å². The lowest BCUT2D eigenvalue weighted by Gasteiger charge is -2.32. The van der Waals surface area contributed by atoms with Crippen LogP contribution in [0.25, 0.3) is 5.82 Å². The number of carbonyl (C=O) groups excluding carboxylic acids is 1. The monoisotopic (exact) mass is 411 g/mol. The zero-order valence-corrected chi connectivity index (χ0v) is 17.6. The first-order valence-corrected chi connectivity index (χ1v) is 9.88. The number of ether oxygens (including phenoxy) is 1. The first-order valence-electron chi connectivity index (χ1n) is 9.88. The van der Waals surface area contributed by atoms with Crippen LogP contribution in [0.2, 0.25) is 0 Å². The number of nitrogens with zero attached hydrogens (tertiary/aromatic N) is 7. The van der Waals surface area contributed by atoms with Gasteiger partial charge in [0.25, 0.3) is 11.5 Å². The van der Waals surface area contributed by atoms with Gasteiger partial charge in [-0.25, -0.2) is 9.36 Å². The molecule has 1 aliphatic rings. The van der Waals surface area contributed by atoms with Crippen molar-refractivity contribution in [2.24, 2.45) is 7.05 Å². The summed E-state index contributed by atoms with van der Waals surface area (Å²) in [6.45, 7) is 4.93. The molecule has 0 spiro atoms. The molecule has 10 heteroatoms. The molecule has 158 valence electrons. The van der Waals surface area contributed by atoms with Gasteiger partial charge in [-0.2, -0.15) is 5.10 Å². The van der Waals surface area contributed by atoms with Gasteiger partial charge in [0.2, 0.25) is 5.88 Å². The van der Waals surface area contributed by atoms with Crippen molar-refractivity contribution in [3.63, 3.8) is 0 Å². The molecule has 3 aromatic rings. The second kappa shape index (κ2) is 7.77. The minimum atomic E-state index is -0.154. The van der Waals surface area contributed by atoms with E-state index in [1.54, 1.807) is 33.6 Å². The smallest absolute Gasteiger partial charge is 0.267 e. The highest BCUT2D eigenvalue weighted by Crippen LogP contribution is 2.24. The highest BCUT2D eigenvalue weighted by atomic mass is 16.5. The maximum Gasteiger partial charge on any atom is 0.267 e. The summed E-state index contributed by atoms with van der Waals surface area (Å²) in [6.07, 6.45) is 2.95. The molecule has 1 saturated heterocycles. The van der Waals surface area contributed by atoms with Gasteiger partial charge in [-0.1, -0.05) is 0 Å². The van der Waals surface area contributed by atoms with E-state index in [0.717, 1.165) is 11.4 Å². The van der Waals surface area contributed by atoms with Gasteiger partial charge in [-0.3, -0.25) is 14.3 Å². The molecule has 1 aliphatic heterocycles. The fourth-order valence-corrected chi connectivity index (χ4v) is 3.90. The van der Waals surface area contributed by atoms with Crippen LogP contribution in [-0.4, -0.2) is 60.3 Å². The van der Waals surface area contributed by atoms with E-state index >= 15 is 0 Å². The molecule has 0 N–H and O–H groups in total. The number of piperidine rings is 1. The van der Waals surface area contributed by atoms with Gasteiger partial charge < -0.3 is 9.64 Å². The molecule has 0 aliphatic carbocycles. The number of aromatic nitrogens is 6. The molecule has 0 bridgehead atoms. The Kier molecular flexibility index (Phi) is 5.15. The van der Waals surface area contributed by atoms with Crippen LogP contribution in [0.4, 0.5) is 0 Å². The van der Waals surface area contributed by atoms with E-state index < -0.39 is 0 Å². The van der Waals surface area contributed by atoms with E-state index in [1.165, 1.54) is 17.9 Å². The third-order valence-electron chi connectivity index (χ3n) is 5.35. The van der Waals surface area contributed by atoms with E-state index in [2.05, 4.69) is 15.3 Å². The molecule has 10 nitrogen and oxygen atoms in total. The predicted molar refractivity (Wildman–Crippen MR) is 109 cm³/mol. The van der Waals surface area contributed by atoms with Crippen molar-refractivity contribution in [2.45, 2.75) is 32.7 Å². The van der Waals surface area contributed by atoms with Crippen molar-refractivity contribution in [3.05, 3.63) is 51.7 Å². The number of hydrogen-bond acceptors (Lipinski definition) is 6. The van der Waals surface area contributed by atoms with E-state index in [0.29, 0.717) is 43.2 Å². The highest BCUT2D eigenvalue weighted by molar-refractivity contribution is 5.96. The SMILES string of the molecule is COc1nn(C)cc1C(=O)N1CCC(n2nc(-n3nc(C)cc3C)ccc2=O)CC1. The summed E-state index contributed by atoms with van der Waals surface area (Å²) in [5.41, 5.74) is 2.14. The maximum absolute atomic E-state index is 12.9. The van der Waals surface area contributed by atoms with Crippen LogP contribution in [0, 0.1) is 13.8 Å². The van der Waals surface area contributed by atoms with Gasteiger partial charge in [0.05, 0.1) is 18.8 Å². The third-order valence-corrected chi connectivity index (χ3v) is 5.35.